The first-order chi connectivity index (χ1) is 13.7. The molecule has 29 heavy (non-hydrogen) atoms. The SMILES string of the molecule is Cc1ccc(Oc2cc(NC(=O)Cn3nc(C)c(Br)c3C)cc([N+](=O)[O-])c2)cc1. The van der Waals surface area contributed by atoms with E-state index in [1.165, 1.54) is 12.1 Å². The van der Waals surface area contributed by atoms with Crippen molar-refractivity contribution in [3.05, 3.63) is 74.0 Å². The van der Waals surface area contributed by atoms with Gasteiger partial charge in [-0.2, -0.15) is 5.10 Å². The average Bonchev–Trinajstić information content (AvgIpc) is 2.90. The second-order valence-electron chi connectivity index (χ2n) is 6.58. The van der Waals surface area contributed by atoms with Crippen LogP contribution >= 0.6 is 15.9 Å². The van der Waals surface area contributed by atoms with Gasteiger partial charge in [0.2, 0.25) is 5.91 Å². The van der Waals surface area contributed by atoms with E-state index in [0.717, 1.165) is 21.4 Å². The third-order valence-corrected chi connectivity index (χ3v) is 5.38. The van der Waals surface area contributed by atoms with Crippen LogP contribution in [-0.2, 0) is 11.3 Å². The van der Waals surface area contributed by atoms with Crippen LogP contribution in [0.25, 0.3) is 0 Å². The van der Waals surface area contributed by atoms with Crippen LogP contribution in [0.5, 0.6) is 11.5 Å². The van der Waals surface area contributed by atoms with Crippen LogP contribution in [0.1, 0.15) is 17.0 Å². The van der Waals surface area contributed by atoms with Crippen molar-refractivity contribution in [1.29, 1.82) is 0 Å². The smallest absolute Gasteiger partial charge is 0.275 e. The topological polar surface area (TPSA) is 99.3 Å². The predicted molar refractivity (Wildman–Crippen MR) is 112 cm³/mol. The molecule has 0 aliphatic rings. The fraction of sp³-hybridized carbons (Fsp3) is 0.200. The number of carbonyl (C=O) groups excluding carboxylic acids is 1. The molecule has 1 amide bonds. The van der Waals surface area contributed by atoms with E-state index < -0.39 is 4.92 Å². The number of nitrogens with one attached hydrogen (secondary N) is 1. The summed E-state index contributed by atoms with van der Waals surface area (Å²) in [7, 11) is 0. The van der Waals surface area contributed by atoms with Crippen molar-refractivity contribution in [3.8, 4) is 11.5 Å². The normalized spacial score (nSPS) is 10.6. The van der Waals surface area contributed by atoms with Crippen LogP contribution in [0.15, 0.2) is 46.9 Å². The van der Waals surface area contributed by atoms with Crippen LogP contribution in [0.3, 0.4) is 0 Å². The second-order valence-corrected chi connectivity index (χ2v) is 7.37. The first-order valence-electron chi connectivity index (χ1n) is 8.76. The number of hydrogen-bond acceptors (Lipinski definition) is 5. The van der Waals surface area contributed by atoms with E-state index in [-0.39, 0.29) is 29.6 Å². The zero-order valence-electron chi connectivity index (χ0n) is 16.1. The molecular formula is C20H19BrN4O4. The van der Waals surface area contributed by atoms with Crippen molar-refractivity contribution >= 4 is 33.2 Å². The van der Waals surface area contributed by atoms with Crippen molar-refractivity contribution in [2.45, 2.75) is 27.3 Å². The number of carbonyl (C=O) groups is 1. The molecule has 1 N–H and O–H groups in total. The van der Waals surface area contributed by atoms with Crippen molar-refractivity contribution in [1.82, 2.24) is 9.78 Å². The lowest BCUT2D eigenvalue weighted by Crippen LogP contribution is -2.20. The Morgan fingerprint density at radius 2 is 1.86 bits per heavy atom. The number of benzene rings is 2. The summed E-state index contributed by atoms with van der Waals surface area (Å²) in [4.78, 5) is 23.2. The predicted octanol–water partition coefficient (Wildman–Crippen LogP) is 4.91. The molecule has 0 aliphatic heterocycles. The Morgan fingerprint density at radius 3 is 2.45 bits per heavy atom. The number of hydrogen-bond donors (Lipinski definition) is 1. The molecule has 0 unspecified atom stereocenters. The van der Waals surface area contributed by atoms with Crippen molar-refractivity contribution in [2.24, 2.45) is 0 Å². The van der Waals surface area contributed by atoms with E-state index >= 15 is 0 Å². The molecule has 0 atom stereocenters. The Kier molecular flexibility index (Phi) is 5.97. The molecule has 0 radical (unpaired) electrons. The monoisotopic (exact) mass is 458 g/mol. The number of aromatic nitrogens is 2. The van der Waals surface area contributed by atoms with Crippen LogP contribution in [0.4, 0.5) is 11.4 Å². The summed E-state index contributed by atoms with van der Waals surface area (Å²) in [5.74, 6) is 0.443. The minimum atomic E-state index is -0.532. The third-order valence-electron chi connectivity index (χ3n) is 4.23. The maximum Gasteiger partial charge on any atom is 0.275 e. The fourth-order valence-corrected chi connectivity index (χ4v) is 3.01. The number of non-ortho nitro benzene ring substituents is 1. The number of aryl methyl sites for hydroxylation is 2. The quantitative estimate of drug-likeness (QED) is 0.417. The number of ether oxygens (including phenoxy) is 1. The Morgan fingerprint density at radius 1 is 1.17 bits per heavy atom. The van der Waals surface area contributed by atoms with E-state index in [9.17, 15) is 14.9 Å². The third kappa shape index (κ3) is 5.00. The van der Waals surface area contributed by atoms with E-state index in [4.69, 9.17) is 4.74 Å². The van der Waals surface area contributed by atoms with Crippen LogP contribution < -0.4 is 10.1 Å². The van der Waals surface area contributed by atoms with Gasteiger partial charge in [-0.25, -0.2) is 0 Å². The Bertz CT molecular complexity index is 1080. The van der Waals surface area contributed by atoms with E-state index in [0.29, 0.717) is 5.75 Å². The van der Waals surface area contributed by atoms with Crippen molar-refractivity contribution < 1.29 is 14.5 Å². The molecule has 3 rings (SSSR count). The molecule has 150 valence electrons. The zero-order chi connectivity index (χ0) is 21.1. The van der Waals surface area contributed by atoms with Crippen molar-refractivity contribution in [3.63, 3.8) is 0 Å². The minimum absolute atomic E-state index is 0.0187. The fourth-order valence-electron chi connectivity index (χ4n) is 2.73. The zero-order valence-corrected chi connectivity index (χ0v) is 17.7. The van der Waals surface area contributed by atoms with Gasteiger partial charge in [-0.3, -0.25) is 19.6 Å². The molecule has 8 nitrogen and oxygen atoms in total. The van der Waals surface area contributed by atoms with Gasteiger partial charge < -0.3 is 10.1 Å². The number of nitro benzene ring substituents is 1. The van der Waals surface area contributed by atoms with Crippen molar-refractivity contribution in [2.75, 3.05) is 5.32 Å². The number of nitro groups is 1. The molecule has 0 saturated heterocycles. The molecule has 9 heteroatoms. The molecule has 1 heterocycles. The summed E-state index contributed by atoms with van der Waals surface area (Å²) in [6.45, 7) is 5.61. The second kappa shape index (κ2) is 8.44. The summed E-state index contributed by atoms with van der Waals surface area (Å²) < 4.78 is 8.13. The lowest BCUT2D eigenvalue weighted by molar-refractivity contribution is -0.384. The Balaban J connectivity index is 1.81. The maximum atomic E-state index is 12.4. The highest BCUT2D eigenvalue weighted by atomic mass is 79.9. The lowest BCUT2D eigenvalue weighted by Gasteiger charge is -2.10. The summed E-state index contributed by atoms with van der Waals surface area (Å²) in [6, 6.07) is 11.4. The Hall–Kier alpha value is -3.20. The molecule has 0 bridgehead atoms. The average molecular weight is 459 g/mol. The summed E-state index contributed by atoms with van der Waals surface area (Å²) in [6.07, 6.45) is 0. The standard InChI is InChI=1S/C20H19BrN4O4/c1-12-4-6-17(7-5-12)29-18-9-15(8-16(10-18)25(27)28)22-19(26)11-24-14(3)20(21)13(2)23-24/h4-10H,11H2,1-3H3,(H,22,26). The largest absolute Gasteiger partial charge is 0.457 e. The molecule has 1 aromatic heterocycles. The number of amides is 1. The molecular weight excluding hydrogens is 440 g/mol. The van der Waals surface area contributed by atoms with Gasteiger partial charge in [0.05, 0.1) is 32.5 Å². The van der Waals surface area contributed by atoms with E-state index in [2.05, 4.69) is 26.3 Å². The highest BCUT2D eigenvalue weighted by Crippen LogP contribution is 2.30. The van der Waals surface area contributed by atoms with E-state index in [1.807, 2.05) is 32.9 Å². The minimum Gasteiger partial charge on any atom is -0.457 e. The summed E-state index contributed by atoms with van der Waals surface area (Å²) in [5, 5.41) is 18.3. The first-order valence-corrected chi connectivity index (χ1v) is 9.55. The van der Waals surface area contributed by atoms with Crippen LogP contribution in [0, 0.1) is 30.9 Å². The molecule has 0 aliphatic carbocycles. The van der Waals surface area contributed by atoms with Crippen LogP contribution in [0.2, 0.25) is 0 Å². The molecule has 2 aromatic carbocycles. The van der Waals surface area contributed by atoms with Gasteiger partial charge in [0.25, 0.3) is 5.69 Å². The molecule has 0 saturated carbocycles. The number of halogens is 1. The van der Waals surface area contributed by atoms with Gasteiger partial charge >= 0.3 is 0 Å². The molecule has 0 spiro atoms. The van der Waals surface area contributed by atoms with Gasteiger partial charge in [-0.05, 0) is 48.8 Å². The number of rotatable bonds is 6. The Labute approximate surface area is 175 Å². The summed E-state index contributed by atoms with van der Waals surface area (Å²) in [5.41, 5.74) is 2.75. The molecule has 3 aromatic rings. The van der Waals surface area contributed by atoms with E-state index in [1.54, 1.807) is 22.9 Å². The first kappa shape index (κ1) is 20.5. The van der Waals surface area contributed by atoms with Gasteiger partial charge in [0.15, 0.2) is 0 Å². The van der Waals surface area contributed by atoms with Gasteiger partial charge in [-0.15, -0.1) is 0 Å². The van der Waals surface area contributed by atoms with Gasteiger partial charge in [-0.1, -0.05) is 17.7 Å². The lowest BCUT2D eigenvalue weighted by atomic mass is 10.2. The van der Waals surface area contributed by atoms with Gasteiger partial charge in [0.1, 0.15) is 18.0 Å². The highest BCUT2D eigenvalue weighted by molar-refractivity contribution is 9.10. The number of anilines is 1. The van der Waals surface area contributed by atoms with Gasteiger partial charge in [0, 0.05) is 12.1 Å². The van der Waals surface area contributed by atoms with Crippen LogP contribution in [-0.4, -0.2) is 20.6 Å². The maximum absolute atomic E-state index is 12.4. The number of nitrogens with zero attached hydrogens (tertiary/aromatic N) is 3. The molecule has 0 fully saturated rings. The summed E-state index contributed by atoms with van der Waals surface area (Å²) >= 11 is 3.42. The highest BCUT2D eigenvalue weighted by Gasteiger charge is 2.15.